The van der Waals surface area contributed by atoms with Crippen LogP contribution >= 0.6 is 0 Å². The molecule has 2 heterocycles. The fraction of sp³-hybridized carbons (Fsp3) is 0.263. The number of hydrogen-bond donors (Lipinski definition) is 1. The number of fused-ring (bicyclic) bond motifs is 1. The molecular weight excluding hydrogens is 274 g/mol. The van der Waals surface area contributed by atoms with Gasteiger partial charge in [-0.05, 0) is 41.6 Å². The van der Waals surface area contributed by atoms with Crippen LogP contribution in [0.3, 0.4) is 0 Å². The summed E-state index contributed by atoms with van der Waals surface area (Å²) in [5.74, 6) is 0.276. The first kappa shape index (κ1) is 13.6. The molecular formula is C19H19NO2. The first-order chi connectivity index (χ1) is 10.8. The van der Waals surface area contributed by atoms with E-state index >= 15 is 0 Å². The summed E-state index contributed by atoms with van der Waals surface area (Å²) >= 11 is 0. The van der Waals surface area contributed by atoms with Crippen LogP contribution in [-0.4, -0.2) is 17.6 Å². The first-order valence-electron chi connectivity index (χ1n) is 7.72. The van der Waals surface area contributed by atoms with Crippen molar-refractivity contribution in [3.8, 4) is 0 Å². The normalized spacial score (nSPS) is 22.4. The van der Waals surface area contributed by atoms with Crippen LogP contribution in [0.15, 0.2) is 60.8 Å². The Morgan fingerprint density at radius 3 is 2.59 bits per heavy atom. The summed E-state index contributed by atoms with van der Waals surface area (Å²) in [6.07, 6.45) is 2.63. The summed E-state index contributed by atoms with van der Waals surface area (Å²) in [6.45, 7) is 1.93. The van der Waals surface area contributed by atoms with E-state index in [4.69, 9.17) is 9.47 Å². The SMILES string of the molecule is CC1OC(CC(c2ccccc2)c2ccc3[nH]ccc3c2)O1. The molecule has 0 bridgehead atoms. The van der Waals surface area contributed by atoms with Gasteiger partial charge in [-0.3, -0.25) is 0 Å². The molecule has 1 aromatic heterocycles. The highest BCUT2D eigenvalue weighted by Crippen LogP contribution is 2.34. The van der Waals surface area contributed by atoms with Crippen molar-refractivity contribution in [2.75, 3.05) is 0 Å². The number of aromatic amines is 1. The van der Waals surface area contributed by atoms with E-state index in [1.54, 1.807) is 0 Å². The number of benzene rings is 2. The molecule has 1 fully saturated rings. The largest absolute Gasteiger partial charge is 0.361 e. The van der Waals surface area contributed by atoms with Crippen LogP contribution < -0.4 is 0 Å². The maximum atomic E-state index is 5.66. The molecule has 1 saturated heterocycles. The molecule has 22 heavy (non-hydrogen) atoms. The third kappa shape index (κ3) is 2.54. The molecule has 3 nitrogen and oxygen atoms in total. The molecule has 112 valence electrons. The zero-order valence-corrected chi connectivity index (χ0v) is 12.5. The Hall–Kier alpha value is -2.10. The lowest BCUT2D eigenvalue weighted by molar-refractivity contribution is -0.377. The minimum Gasteiger partial charge on any atom is -0.361 e. The third-order valence-electron chi connectivity index (χ3n) is 4.30. The van der Waals surface area contributed by atoms with Gasteiger partial charge in [0.1, 0.15) is 0 Å². The fourth-order valence-electron chi connectivity index (χ4n) is 3.18. The second-order valence-electron chi connectivity index (χ2n) is 5.79. The van der Waals surface area contributed by atoms with E-state index in [-0.39, 0.29) is 18.5 Å². The molecule has 3 aromatic rings. The Bertz CT molecular complexity index is 759. The number of nitrogens with one attached hydrogen (secondary N) is 1. The van der Waals surface area contributed by atoms with Crippen LogP contribution in [0.5, 0.6) is 0 Å². The number of H-pyrrole nitrogens is 1. The summed E-state index contributed by atoms with van der Waals surface area (Å²) < 4.78 is 11.3. The molecule has 0 amide bonds. The van der Waals surface area contributed by atoms with Gasteiger partial charge in [-0.15, -0.1) is 0 Å². The molecule has 1 aliphatic heterocycles. The molecule has 1 N–H and O–H groups in total. The Balaban J connectivity index is 1.69. The minimum atomic E-state index is -0.109. The maximum absolute atomic E-state index is 5.66. The Labute approximate surface area is 129 Å². The third-order valence-corrected chi connectivity index (χ3v) is 4.30. The predicted octanol–water partition coefficient (Wildman–Crippen LogP) is 4.41. The van der Waals surface area contributed by atoms with Crippen molar-refractivity contribution in [2.45, 2.75) is 31.8 Å². The van der Waals surface area contributed by atoms with Crippen molar-refractivity contribution in [1.29, 1.82) is 0 Å². The summed E-state index contributed by atoms with van der Waals surface area (Å²) in [7, 11) is 0. The smallest absolute Gasteiger partial charge is 0.164 e. The van der Waals surface area contributed by atoms with Crippen LogP contribution in [0.2, 0.25) is 0 Å². The number of rotatable bonds is 4. The second-order valence-corrected chi connectivity index (χ2v) is 5.79. The zero-order chi connectivity index (χ0) is 14.9. The van der Waals surface area contributed by atoms with E-state index in [0.29, 0.717) is 0 Å². The summed E-state index contributed by atoms with van der Waals surface area (Å²) in [5, 5.41) is 1.24. The summed E-state index contributed by atoms with van der Waals surface area (Å²) in [5.41, 5.74) is 3.76. The molecule has 4 rings (SSSR count). The monoisotopic (exact) mass is 293 g/mol. The second kappa shape index (κ2) is 5.59. The topological polar surface area (TPSA) is 34.2 Å². The standard InChI is InChI=1S/C19H19NO2/c1-13-21-19(22-13)12-17(14-5-3-2-4-6-14)15-7-8-18-16(11-15)9-10-20-18/h2-11,13,17,19-20H,12H2,1H3. The Morgan fingerprint density at radius 1 is 1.00 bits per heavy atom. The Morgan fingerprint density at radius 2 is 1.82 bits per heavy atom. The Kier molecular flexibility index (Phi) is 3.45. The van der Waals surface area contributed by atoms with Crippen molar-refractivity contribution in [3.63, 3.8) is 0 Å². The van der Waals surface area contributed by atoms with E-state index in [0.717, 1.165) is 6.42 Å². The van der Waals surface area contributed by atoms with Gasteiger partial charge in [-0.25, -0.2) is 0 Å². The summed E-state index contributed by atoms with van der Waals surface area (Å²) in [6, 6.07) is 19.3. The first-order valence-corrected chi connectivity index (χ1v) is 7.72. The molecule has 0 aliphatic carbocycles. The average Bonchev–Trinajstić information content (AvgIpc) is 2.99. The van der Waals surface area contributed by atoms with E-state index in [1.807, 2.05) is 19.2 Å². The number of ether oxygens (including phenoxy) is 2. The van der Waals surface area contributed by atoms with Crippen LogP contribution in [0.4, 0.5) is 0 Å². The van der Waals surface area contributed by atoms with Gasteiger partial charge >= 0.3 is 0 Å². The van der Waals surface area contributed by atoms with Crippen molar-refractivity contribution < 1.29 is 9.47 Å². The minimum absolute atomic E-state index is 0.0754. The molecule has 0 spiro atoms. The van der Waals surface area contributed by atoms with Gasteiger partial charge in [0.2, 0.25) is 0 Å². The van der Waals surface area contributed by atoms with E-state index in [9.17, 15) is 0 Å². The van der Waals surface area contributed by atoms with Crippen LogP contribution in [0.25, 0.3) is 10.9 Å². The van der Waals surface area contributed by atoms with Gasteiger partial charge in [0.05, 0.1) is 0 Å². The van der Waals surface area contributed by atoms with E-state index < -0.39 is 0 Å². The van der Waals surface area contributed by atoms with Crippen molar-refractivity contribution >= 4 is 10.9 Å². The molecule has 0 saturated carbocycles. The van der Waals surface area contributed by atoms with Crippen LogP contribution in [0.1, 0.15) is 30.4 Å². The van der Waals surface area contributed by atoms with Crippen LogP contribution in [0, 0.1) is 0 Å². The van der Waals surface area contributed by atoms with Crippen LogP contribution in [-0.2, 0) is 9.47 Å². The number of hydrogen-bond acceptors (Lipinski definition) is 2. The molecule has 1 unspecified atom stereocenters. The molecule has 2 aromatic carbocycles. The highest BCUT2D eigenvalue weighted by molar-refractivity contribution is 5.80. The van der Waals surface area contributed by atoms with E-state index in [1.165, 1.54) is 22.0 Å². The molecule has 0 radical (unpaired) electrons. The van der Waals surface area contributed by atoms with E-state index in [2.05, 4.69) is 53.5 Å². The number of aromatic nitrogens is 1. The van der Waals surface area contributed by atoms with Gasteiger partial charge in [0.25, 0.3) is 0 Å². The maximum Gasteiger partial charge on any atom is 0.164 e. The molecule has 3 heteroatoms. The van der Waals surface area contributed by atoms with Gasteiger partial charge in [0, 0.05) is 24.1 Å². The molecule has 1 aliphatic rings. The summed E-state index contributed by atoms with van der Waals surface area (Å²) in [4.78, 5) is 3.25. The molecule has 1 atom stereocenters. The van der Waals surface area contributed by atoms with Crippen molar-refractivity contribution in [3.05, 3.63) is 71.9 Å². The van der Waals surface area contributed by atoms with Crippen molar-refractivity contribution in [1.82, 2.24) is 4.98 Å². The average molecular weight is 293 g/mol. The lowest BCUT2D eigenvalue weighted by Crippen LogP contribution is -2.39. The quantitative estimate of drug-likeness (QED) is 0.773. The zero-order valence-electron chi connectivity index (χ0n) is 12.5. The van der Waals surface area contributed by atoms with Gasteiger partial charge in [-0.2, -0.15) is 0 Å². The fourth-order valence-corrected chi connectivity index (χ4v) is 3.18. The van der Waals surface area contributed by atoms with Gasteiger partial charge in [0.15, 0.2) is 12.6 Å². The van der Waals surface area contributed by atoms with Crippen molar-refractivity contribution in [2.24, 2.45) is 0 Å². The lowest BCUT2D eigenvalue weighted by atomic mass is 9.87. The van der Waals surface area contributed by atoms with Gasteiger partial charge in [-0.1, -0.05) is 36.4 Å². The highest BCUT2D eigenvalue weighted by Gasteiger charge is 2.30. The van der Waals surface area contributed by atoms with Gasteiger partial charge < -0.3 is 14.5 Å². The lowest BCUT2D eigenvalue weighted by Gasteiger charge is -2.36. The predicted molar refractivity (Wildman–Crippen MR) is 86.6 cm³/mol. The highest BCUT2D eigenvalue weighted by atomic mass is 16.9.